The van der Waals surface area contributed by atoms with Crippen molar-refractivity contribution in [3.8, 4) is 11.5 Å². The van der Waals surface area contributed by atoms with Gasteiger partial charge >= 0.3 is 11.9 Å². The van der Waals surface area contributed by atoms with E-state index >= 15 is 38.4 Å². The number of H-pyrrole nitrogens is 1. The third kappa shape index (κ3) is 31.3. The zero-order valence-corrected chi connectivity index (χ0v) is 75.9. The molecule has 1 aliphatic heterocycles. The predicted octanol–water partition coefficient (Wildman–Crippen LogP) is 1.83. The molecule has 15 amide bonds. The lowest BCUT2D eigenvalue weighted by Crippen LogP contribution is -2.62. The Morgan fingerprint density at radius 1 is 0.447 bits per heavy atom. The van der Waals surface area contributed by atoms with Gasteiger partial charge in [-0.3, -0.25) is 81.5 Å². The third-order valence-electron chi connectivity index (χ3n) is 22.3. The van der Waals surface area contributed by atoms with E-state index in [0.29, 0.717) is 50.7 Å². The number of rotatable bonds is 25. The number of aliphatic carboxylic acids is 2. The van der Waals surface area contributed by atoms with Crippen molar-refractivity contribution in [3.05, 3.63) is 203 Å². The number of carbonyl (C=O) groups excluding carboxylic acids is 15. The van der Waals surface area contributed by atoms with E-state index in [2.05, 4.69) is 58.2 Å². The van der Waals surface area contributed by atoms with E-state index < -0.39 is 216 Å². The summed E-state index contributed by atoms with van der Waals surface area (Å²) in [5.41, 5.74) is 8.88. The number of para-hydroxylation sites is 1. The van der Waals surface area contributed by atoms with Crippen molar-refractivity contribution in [2.45, 2.75) is 184 Å². The van der Waals surface area contributed by atoms with E-state index in [9.17, 15) is 63.6 Å². The van der Waals surface area contributed by atoms with E-state index in [1.165, 1.54) is 90.6 Å². The molecule has 706 valence electrons. The molecule has 37 nitrogen and oxygen atoms in total. The van der Waals surface area contributed by atoms with Gasteiger partial charge in [0.15, 0.2) is 0 Å². The molecule has 1 unspecified atom stereocenters. The smallest absolute Gasteiger partial charge is 0.305 e. The van der Waals surface area contributed by atoms with E-state index in [4.69, 9.17) is 5.73 Å². The fourth-order valence-corrected chi connectivity index (χ4v) is 16.0. The first-order valence-electron chi connectivity index (χ1n) is 43.3. The SMILES string of the molecule is CCCC[C@H]1C(=O)N[C@H](CC(=O)O)C(=O)N[C@@H](CC(=O)O)C(=O)N[C@@H](C(C)C)C(=O)N(C)[C@@H](Cc2ccccc2)C(=O)N[C@@H](Cc2ccc(O)cc2)C(=O)N(C)CC(=O)N[C@@H](Cc2c[nH]c3ccccc23)C(=O)N[C@@H](Cc2ccc(O)cc2)C(=O)N[C@@H](CC(C)C)C(=O)N[C@H](C(=O)NCC(N)=O)CSCC(=O)N[C@@H](Cc2ccccc2)C(=O)N(C)C(Cc2ccccc2)C(=O)N1C. The minimum Gasteiger partial charge on any atom is -0.508 e. The molecular weight excluding hydrogens is 1720 g/mol. The summed E-state index contributed by atoms with van der Waals surface area (Å²) < 4.78 is 0. The molecule has 8 rings (SSSR count). The van der Waals surface area contributed by atoms with Crippen LogP contribution in [0.1, 0.15) is 107 Å². The molecule has 1 aromatic heterocycles. The van der Waals surface area contributed by atoms with Crippen LogP contribution in [0, 0.1) is 11.8 Å². The lowest BCUT2D eigenvalue weighted by molar-refractivity contribution is -0.149. The number of unbranched alkanes of at least 4 members (excludes halogenated alkanes) is 1. The summed E-state index contributed by atoms with van der Waals surface area (Å²) >= 11 is 0.798. The van der Waals surface area contributed by atoms with Gasteiger partial charge in [0, 0.05) is 89.6 Å². The summed E-state index contributed by atoms with van der Waals surface area (Å²) in [6.45, 7) is 6.72. The number of thioether (sulfide) groups is 1. The minimum atomic E-state index is -2.12. The van der Waals surface area contributed by atoms with Crippen molar-refractivity contribution >= 4 is 123 Å². The number of nitrogens with zero attached hydrogens (tertiary/aromatic N) is 4. The first kappa shape index (κ1) is 103. The second-order valence-corrected chi connectivity index (χ2v) is 34.5. The number of likely N-dealkylation sites (N-methyl/N-ethyl adjacent to an activating group) is 4. The van der Waals surface area contributed by atoms with Gasteiger partial charge in [0.25, 0.3) is 0 Å². The number of primary amides is 1. The van der Waals surface area contributed by atoms with Crippen molar-refractivity contribution in [3.63, 3.8) is 0 Å². The molecule has 0 radical (unpaired) electrons. The second-order valence-electron chi connectivity index (χ2n) is 33.5. The van der Waals surface area contributed by atoms with E-state index in [-0.39, 0.29) is 75.2 Å². The highest BCUT2D eigenvalue weighted by atomic mass is 32.2. The van der Waals surface area contributed by atoms with Gasteiger partial charge in [0.2, 0.25) is 88.6 Å². The highest BCUT2D eigenvalue weighted by molar-refractivity contribution is 8.00. The van der Waals surface area contributed by atoms with Crippen LogP contribution in [0.25, 0.3) is 10.9 Å². The van der Waals surface area contributed by atoms with Crippen molar-refractivity contribution in [1.29, 1.82) is 0 Å². The Morgan fingerprint density at radius 2 is 0.871 bits per heavy atom. The maximum absolute atomic E-state index is 15.6. The number of aromatic amines is 1. The molecule has 2 heterocycles. The lowest BCUT2D eigenvalue weighted by Gasteiger charge is -2.36. The molecule has 7 aromatic rings. The van der Waals surface area contributed by atoms with Crippen LogP contribution in [0.15, 0.2) is 170 Å². The molecule has 17 N–H and O–H groups in total. The fraction of sp³-hybridized carbons (Fsp3) is 0.415. The normalized spacial score (nSPS) is 22.1. The quantitative estimate of drug-likeness (QED) is 0.0388. The number of aromatic hydroxyl groups is 2. The van der Waals surface area contributed by atoms with Crippen LogP contribution in [0.3, 0.4) is 0 Å². The number of carboxylic acid groups (broad SMARTS) is 2. The average molecular weight is 1840 g/mol. The standard InChI is InChI=1S/C94H118N16O21S/c1-10-11-31-74-89(126)103-69(47-80(116)117)87(124)102-70(48-81(118)119)88(125)106-82(55(4)5)94(131)109(8)75(44-57-25-17-13-18-26-57)90(127)104-71(43-60-34-38-63(112)39-35-60)91(128)107(6)51-78(114)98-68(46-61-49-96-65-30-22-21-29-64(61)65)86(123)101-67(41-59-32-36-62(111)37-33-59)85(122)100-66(40-54(2)3)84(121)105-73(83(120)97-50-77(95)113)52-132-53-79(115)99-72(42-56-23-15-12-16-24-56)92(129)110(9)76(93(130)108(74)7)45-58-27-19-14-20-28-58/h12-30,32-39,49,54-55,66-76,82,96,111-112H,10-11,31,40-48,50-53H2,1-9H3,(H2,95,113)(H,97,120)(H,98,114)(H,99,115)(H,100,122)(H,101,123)(H,102,124)(H,103,126)(H,104,127)(H,105,121)(H,106,125)(H,116,117)(H,118,119)/t66-,67-,68-,69+,70-,71-,72-,73-,74-,75-,76?,82-/m0/s1. The van der Waals surface area contributed by atoms with Crippen LogP contribution in [0.2, 0.25) is 0 Å². The number of phenols is 2. The maximum Gasteiger partial charge on any atom is 0.305 e. The van der Waals surface area contributed by atoms with Crippen LogP contribution < -0.4 is 58.9 Å². The Morgan fingerprint density at radius 3 is 1.40 bits per heavy atom. The largest absolute Gasteiger partial charge is 0.508 e. The first-order chi connectivity index (χ1) is 62.8. The van der Waals surface area contributed by atoms with E-state index in [0.717, 1.165) is 31.4 Å². The summed E-state index contributed by atoms with van der Waals surface area (Å²) in [6.07, 6.45) is -1.93. The number of hydrogen-bond acceptors (Lipinski definition) is 20. The maximum atomic E-state index is 15.6. The van der Waals surface area contributed by atoms with E-state index in [1.54, 1.807) is 142 Å². The Labute approximate surface area is 768 Å². The Bertz CT molecular complexity index is 5200. The number of aromatic nitrogens is 1. The third-order valence-corrected chi connectivity index (χ3v) is 23.4. The van der Waals surface area contributed by atoms with Crippen LogP contribution in [-0.2, 0) is 120 Å². The molecule has 38 heteroatoms. The van der Waals surface area contributed by atoms with Crippen LogP contribution in [0.5, 0.6) is 11.5 Å². The molecule has 0 bridgehead atoms. The van der Waals surface area contributed by atoms with Gasteiger partial charge in [-0.2, -0.15) is 0 Å². The Balaban J connectivity index is 1.23. The number of nitrogens with one attached hydrogen (secondary N) is 11. The Kier molecular flexibility index (Phi) is 39.2. The van der Waals surface area contributed by atoms with Gasteiger partial charge in [-0.1, -0.05) is 181 Å². The van der Waals surface area contributed by atoms with E-state index in [1.807, 2.05) is 0 Å². The number of benzene rings is 6. The monoisotopic (exact) mass is 1840 g/mol. The number of hydrogen-bond donors (Lipinski definition) is 16. The van der Waals surface area contributed by atoms with Gasteiger partial charge in [0.05, 0.1) is 31.7 Å². The molecule has 1 aliphatic rings. The minimum absolute atomic E-state index is 0.111. The number of fused-ring (bicyclic) bond motifs is 1. The van der Waals surface area contributed by atoms with Gasteiger partial charge in [-0.15, -0.1) is 11.8 Å². The summed E-state index contributed by atoms with van der Waals surface area (Å²) in [5, 5.41) is 68.0. The average Bonchev–Trinajstić information content (AvgIpc) is 1.28. The second kappa shape index (κ2) is 50.1. The molecule has 6 aromatic carbocycles. The summed E-state index contributed by atoms with van der Waals surface area (Å²) in [7, 11) is 5.03. The van der Waals surface area contributed by atoms with Gasteiger partial charge in [-0.25, -0.2) is 0 Å². The zero-order chi connectivity index (χ0) is 96.6. The summed E-state index contributed by atoms with van der Waals surface area (Å²) in [4.78, 5) is 256. The highest BCUT2D eigenvalue weighted by Crippen LogP contribution is 2.25. The van der Waals surface area contributed by atoms with Gasteiger partial charge < -0.3 is 104 Å². The number of amides is 15. The molecular formula is C94H118N16O21S. The summed E-state index contributed by atoms with van der Waals surface area (Å²) in [5.74, 6) is -20.8. The van der Waals surface area contributed by atoms with Crippen molar-refractivity contribution in [2.75, 3.05) is 52.8 Å². The van der Waals surface area contributed by atoms with Gasteiger partial charge in [0.1, 0.15) is 84.0 Å². The molecule has 0 aliphatic carbocycles. The topological polar surface area (TPSA) is 546 Å². The lowest BCUT2D eigenvalue weighted by atomic mass is 9.98. The van der Waals surface area contributed by atoms with Crippen molar-refractivity contribution in [2.24, 2.45) is 17.6 Å². The molecule has 132 heavy (non-hydrogen) atoms. The van der Waals surface area contributed by atoms with Crippen LogP contribution in [0.4, 0.5) is 0 Å². The number of phenolic OH excluding ortho intramolecular Hbond substituents is 2. The molecule has 1 fully saturated rings. The van der Waals surface area contributed by atoms with Crippen LogP contribution >= 0.6 is 11.8 Å². The van der Waals surface area contributed by atoms with Crippen LogP contribution in [-0.4, -0.2) is 271 Å². The van der Waals surface area contributed by atoms with Crippen molar-refractivity contribution in [1.82, 2.24) is 77.8 Å². The molecule has 1 saturated heterocycles. The molecule has 0 spiro atoms. The zero-order valence-electron chi connectivity index (χ0n) is 75.1. The van der Waals surface area contributed by atoms with Crippen molar-refractivity contribution < 1.29 is 102 Å². The fourth-order valence-electron chi connectivity index (χ4n) is 15.1. The summed E-state index contributed by atoms with van der Waals surface area (Å²) in [6, 6.07) is 23.5. The number of carbonyl (C=O) groups is 17. The highest BCUT2D eigenvalue weighted by Gasteiger charge is 2.43. The predicted molar refractivity (Wildman–Crippen MR) is 489 cm³/mol. The van der Waals surface area contributed by atoms with Gasteiger partial charge in [-0.05, 0) is 88.4 Å². The molecule has 12 atom stereocenters. The molecule has 0 saturated carbocycles. The number of carboxylic acids is 2. The Hall–Kier alpha value is -14.2. The first-order valence-corrected chi connectivity index (χ1v) is 44.5. The number of nitrogens with two attached hydrogens (primary N) is 1.